The molecule has 25 heavy (non-hydrogen) atoms. The van der Waals surface area contributed by atoms with Gasteiger partial charge in [0.2, 0.25) is 5.91 Å². The van der Waals surface area contributed by atoms with Crippen LogP contribution in [-0.2, 0) is 11.2 Å². The molecule has 0 bridgehead atoms. The van der Waals surface area contributed by atoms with Gasteiger partial charge in [-0.15, -0.1) is 12.4 Å². The SMILES string of the molecule is CCc1cc(=O)[nH]c(-c2cccc(NC(=O)[C@@H](N)CCSC)c2)n1.Cl. The van der Waals surface area contributed by atoms with E-state index in [0.29, 0.717) is 24.4 Å². The lowest BCUT2D eigenvalue weighted by atomic mass is 10.1. The monoisotopic (exact) mass is 382 g/mol. The molecule has 0 aliphatic heterocycles. The second kappa shape index (κ2) is 10.2. The quantitative estimate of drug-likeness (QED) is 0.682. The van der Waals surface area contributed by atoms with Crippen LogP contribution in [0.5, 0.6) is 0 Å². The molecule has 0 fully saturated rings. The molecular weight excluding hydrogens is 360 g/mol. The summed E-state index contributed by atoms with van der Waals surface area (Å²) >= 11 is 1.66. The van der Waals surface area contributed by atoms with Gasteiger partial charge in [-0.3, -0.25) is 9.59 Å². The third-order valence-electron chi connectivity index (χ3n) is 3.53. The van der Waals surface area contributed by atoms with Gasteiger partial charge in [-0.05, 0) is 37.0 Å². The van der Waals surface area contributed by atoms with Crippen LogP contribution < -0.4 is 16.6 Å². The zero-order valence-electron chi connectivity index (χ0n) is 14.2. The summed E-state index contributed by atoms with van der Waals surface area (Å²) in [7, 11) is 0. The van der Waals surface area contributed by atoms with Crippen molar-refractivity contribution >= 4 is 35.8 Å². The molecule has 1 heterocycles. The fourth-order valence-corrected chi connectivity index (χ4v) is 2.67. The first-order chi connectivity index (χ1) is 11.5. The number of carbonyl (C=O) groups is 1. The topological polar surface area (TPSA) is 101 Å². The number of nitrogens with zero attached hydrogens (tertiary/aromatic N) is 1. The molecule has 6 nitrogen and oxygen atoms in total. The highest BCUT2D eigenvalue weighted by Crippen LogP contribution is 2.19. The fraction of sp³-hybridized carbons (Fsp3) is 0.353. The summed E-state index contributed by atoms with van der Waals surface area (Å²) in [6, 6.07) is 8.14. The summed E-state index contributed by atoms with van der Waals surface area (Å²) in [6.07, 6.45) is 3.28. The summed E-state index contributed by atoms with van der Waals surface area (Å²) in [5.74, 6) is 1.11. The molecular formula is C17H23ClN4O2S. The van der Waals surface area contributed by atoms with E-state index in [9.17, 15) is 9.59 Å². The number of aryl methyl sites for hydroxylation is 1. The number of hydrogen-bond acceptors (Lipinski definition) is 5. The number of thioether (sulfide) groups is 1. The van der Waals surface area contributed by atoms with E-state index in [1.54, 1.807) is 30.0 Å². The van der Waals surface area contributed by atoms with Gasteiger partial charge >= 0.3 is 0 Å². The second-order valence-corrected chi connectivity index (χ2v) is 6.38. The molecule has 1 aromatic carbocycles. The first-order valence-corrected chi connectivity index (χ1v) is 9.19. The molecule has 0 aliphatic rings. The lowest BCUT2D eigenvalue weighted by Gasteiger charge is -2.12. The largest absolute Gasteiger partial charge is 0.325 e. The van der Waals surface area contributed by atoms with Crippen LogP contribution in [0.3, 0.4) is 0 Å². The van der Waals surface area contributed by atoms with Gasteiger partial charge in [-0.1, -0.05) is 19.1 Å². The number of hydrogen-bond donors (Lipinski definition) is 3. The molecule has 8 heteroatoms. The average Bonchev–Trinajstić information content (AvgIpc) is 2.59. The summed E-state index contributed by atoms with van der Waals surface area (Å²) < 4.78 is 0. The maximum atomic E-state index is 12.1. The van der Waals surface area contributed by atoms with Crippen molar-refractivity contribution < 1.29 is 4.79 Å². The molecule has 1 atom stereocenters. The molecule has 1 amide bonds. The minimum Gasteiger partial charge on any atom is -0.325 e. The van der Waals surface area contributed by atoms with Crippen LogP contribution in [0.1, 0.15) is 19.0 Å². The second-order valence-electron chi connectivity index (χ2n) is 5.40. The molecule has 136 valence electrons. The van der Waals surface area contributed by atoms with Crippen LogP contribution in [0.4, 0.5) is 5.69 Å². The summed E-state index contributed by atoms with van der Waals surface area (Å²) in [5.41, 5.74) is 7.77. The summed E-state index contributed by atoms with van der Waals surface area (Å²) in [4.78, 5) is 31.0. The fourth-order valence-electron chi connectivity index (χ4n) is 2.18. The Morgan fingerprint density at radius 3 is 2.84 bits per heavy atom. The number of amides is 1. The van der Waals surface area contributed by atoms with Gasteiger partial charge in [0.1, 0.15) is 5.82 Å². The highest BCUT2D eigenvalue weighted by Gasteiger charge is 2.13. The van der Waals surface area contributed by atoms with Crippen LogP contribution in [0.25, 0.3) is 11.4 Å². The van der Waals surface area contributed by atoms with E-state index >= 15 is 0 Å². The predicted molar refractivity (Wildman–Crippen MR) is 107 cm³/mol. The molecule has 2 rings (SSSR count). The molecule has 1 aromatic heterocycles. The molecule has 0 unspecified atom stereocenters. The summed E-state index contributed by atoms with van der Waals surface area (Å²) in [5, 5.41) is 2.81. The van der Waals surface area contributed by atoms with Crippen molar-refractivity contribution in [2.45, 2.75) is 25.8 Å². The maximum absolute atomic E-state index is 12.1. The van der Waals surface area contributed by atoms with Crippen molar-refractivity contribution in [1.82, 2.24) is 9.97 Å². The summed E-state index contributed by atoms with van der Waals surface area (Å²) in [6.45, 7) is 1.94. The van der Waals surface area contributed by atoms with Gasteiger partial charge in [-0.2, -0.15) is 11.8 Å². The smallest absolute Gasteiger partial charge is 0.251 e. The maximum Gasteiger partial charge on any atom is 0.251 e. The third-order valence-corrected chi connectivity index (χ3v) is 4.17. The van der Waals surface area contributed by atoms with Gasteiger partial charge in [0.15, 0.2) is 0 Å². The van der Waals surface area contributed by atoms with Gasteiger partial charge in [0, 0.05) is 23.0 Å². The lowest BCUT2D eigenvalue weighted by molar-refractivity contribution is -0.117. The normalized spacial score (nSPS) is 11.5. The Morgan fingerprint density at radius 1 is 1.40 bits per heavy atom. The zero-order valence-corrected chi connectivity index (χ0v) is 15.9. The molecule has 0 saturated carbocycles. The first-order valence-electron chi connectivity index (χ1n) is 7.79. The molecule has 0 aliphatic carbocycles. The number of H-pyrrole nitrogens is 1. The number of nitrogens with one attached hydrogen (secondary N) is 2. The van der Waals surface area contributed by atoms with E-state index in [4.69, 9.17) is 5.73 Å². The number of nitrogens with two attached hydrogens (primary N) is 1. The zero-order chi connectivity index (χ0) is 17.5. The first kappa shape index (κ1) is 21.2. The van der Waals surface area contributed by atoms with Crippen molar-refractivity contribution in [3.63, 3.8) is 0 Å². The number of aromatic nitrogens is 2. The van der Waals surface area contributed by atoms with Crippen molar-refractivity contribution in [2.75, 3.05) is 17.3 Å². The van der Waals surface area contributed by atoms with Crippen LogP contribution in [0.15, 0.2) is 35.1 Å². The molecule has 2 aromatic rings. The minimum atomic E-state index is -0.539. The Labute approximate surface area is 157 Å². The van der Waals surface area contributed by atoms with Crippen LogP contribution in [0.2, 0.25) is 0 Å². The van der Waals surface area contributed by atoms with E-state index in [1.165, 1.54) is 6.07 Å². The predicted octanol–water partition coefficient (Wildman–Crippen LogP) is 2.44. The number of benzene rings is 1. The van der Waals surface area contributed by atoms with Crippen LogP contribution >= 0.6 is 24.2 Å². The number of carbonyl (C=O) groups excluding carboxylic acids is 1. The van der Waals surface area contributed by atoms with Crippen molar-refractivity contribution in [3.05, 3.63) is 46.4 Å². The van der Waals surface area contributed by atoms with E-state index in [-0.39, 0.29) is 23.9 Å². The van der Waals surface area contributed by atoms with Crippen LogP contribution in [0, 0.1) is 0 Å². The van der Waals surface area contributed by atoms with Crippen molar-refractivity contribution in [1.29, 1.82) is 0 Å². The molecule has 4 N–H and O–H groups in total. The highest BCUT2D eigenvalue weighted by atomic mass is 35.5. The Morgan fingerprint density at radius 2 is 2.16 bits per heavy atom. The van der Waals surface area contributed by atoms with Gasteiger partial charge < -0.3 is 16.0 Å². The lowest BCUT2D eigenvalue weighted by Crippen LogP contribution is -2.36. The molecule has 0 saturated heterocycles. The standard InChI is InChI=1S/C17H22N4O2S.ClH/c1-3-12-10-15(22)21-16(19-12)11-5-4-6-13(9-11)20-17(23)14(18)7-8-24-2;/h4-6,9-10,14H,3,7-8,18H2,1-2H3,(H,20,23)(H,19,21,22);1H/t14-;/m0./s1. The minimum absolute atomic E-state index is 0. The van der Waals surface area contributed by atoms with E-state index < -0.39 is 6.04 Å². The number of rotatable bonds is 7. The Hall–Kier alpha value is -1.83. The Balaban J connectivity index is 0.00000312. The van der Waals surface area contributed by atoms with E-state index in [2.05, 4.69) is 15.3 Å². The third kappa shape index (κ3) is 6.19. The van der Waals surface area contributed by atoms with E-state index in [0.717, 1.165) is 17.0 Å². The number of anilines is 1. The average molecular weight is 383 g/mol. The molecule has 0 spiro atoms. The van der Waals surface area contributed by atoms with Gasteiger partial charge in [0.05, 0.1) is 6.04 Å². The number of halogens is 1. The Bertz CT molecular complexity index is 766. The molecule has 0 radical (unpaired) electrons. The van der Waals surface area contributed by atoms with Crippen molar-refractivity contribution in [2.24, 2.45) is 5.73 Å². The van der Waals surface area contributed by atoms with E-state index in [1.807, 2.05) is 19.2 Å². The Kier molecular flexibility index (Phi) is 8.68. The van der Waals surface area contributed by atoms with Gasteiger partial charge in [0.25, 0.3) is 5.56 Å². The number of aromatic amines is 1. The van der Waals surface area contributed by atoms with Crippen LogP contribution in [-0.4, -0.2) is 33.9 Å². The highest BCUT2D eigenvalue weighted by molar-refractivity contribution is 7.98. The van der Waals surface area contributed by atoms with Gasteiger partial charge in [-0.25, -0.2) is 4.98 Å². The van der Waals surface area contributed by atoms with Crippen molar-refractivity contribution in [3.8, 4) is 11.4 Å².